The summed E-state index contributed by atoms with van der Waals surface area (Å²) in [4.78, 5) is 20.9. The maximum Gasteiger partial charge on any atom is 0.137 e. The van der Waals surface area contributed by atoms with Gasteiger partial charge in [0.1, 0.15) is 11.6 Å². The highest BCUT2D eigenvalue weighted by atomic mass is 16.1. The first-order valence-electron chi connectivity index (χ1n) is 8.91. The van der Waals surface area contributed by atoms with Crippen LogP contribution in [0.15, 0.2) is 9.98 Å². The Bertz CT molecular complexity index is 442. The number of rotatable bonds is 7. The highest BCUT2D eigenvalue weighted by Crippen LogP contribution is 2.36. The van der Waals surface area contributed by atoms with E-state index in [1.54, 1.807) is 0 Å². The molecule has 0 bridgehead atoms. The summed E-state index contributed by atoms with van der Waals surface area (Å²) >= 11 is 0. The molecule has 1 N–H and O–H groups in total. The van der Waals surface area contributed by atoms with Crippen molar-refractivity contribution in [3.8, 4) is 0 Å². The van der Waals surface area contributed by atoms with E-state index in [1.807, 2.05) is 6.92 Å². The van der Waals surface area contributed by atoms with Crippen LogP contribution in [-0.2, 0) is 4.79 Å². The number of Topliss-reactive ketones (excluding diaryl/α,β-unsaturated/α-hetero) is 1. The van der Waals surface area contributed by atoms with Crippen LogP contribution in [-0.4, -0.2) is 37.0 Å². The Labute approximate surface area is 134 Å². The van der Waals surface area contributed by atoms with Crippen LogP contribution in [0, 0.1) is 17.8 Å². The van der Waals surface area contributed by atoms with E-state index in [2.05, 4.69) is 29.1 Å². The van der Waals surface area contributed by atoms with Crippen molar-refractivity contribution in [3.63, 3.8) is 0 Å². The Morgan fingerprint density at radius 2 is 2.18 bits per heavy atom. The minimum atomic E-state index is 0.321. The van der Waals surface area contributed by atoms with Gasteiger partial charge in [-0.1, -0.05) is 13.8 Å². The van der Waals surface area contributed by atoms with E-state index in [-0.39, 0.29) is 0 Å². The van der Waals surface area contributed by atoms with Crippen LogP contribution in [0.5, 0.6) is 0 Å². The SMILES string of the molecule is CCC(=O)C1CCC(C)[C@@H](CCNCC2=NCCC(C)=N2)C1. The minimum Gasteiger partial charge on any atom is -0.310 e. The van der Waals surface area contributed by atoms with Crippen molar-refractivity contribution in [2.45, 2.75) is 59.3 Å². The molecule has 0 aromatic carbocycles. The zero-order chi connectivity index (χ0) is 15.9. The quantitative estimate of drug-likeness (QED) is 0.734. The Morgan fingerprint density at radius 3 is 2.91 bits per heavy atom. The summed E-state index contributed by atoms with van der Waals surface area (Å²) in [7, 11) is 0. The molecular weight excluding hydrogens is 274 g/mol. The Kier molecular flexibility index (Phi) is 6.74. The smallest absolute Gasteiger partial charge is 0.137 e. The maximum atomic E-state index is 11.9. The molecule has 124 valence electrons. The van der Waals surface area contributed by atoms with Gasteiger partial charge in [0, 0.05) is 31.0 Å². The summed E-state index contributed by atoms with van der Waals surface area (Å²) < 4.78 is 0. The molecule has 4 nitrogen and oxygen atoms in total. The molecule has 0 aromatic heterocycles. The van der Waals surface area contributed by atoms with Crippen LogP contribution in [0.4, 0.5) is 0 Å². The zero-order valence-corrected chi connectivity index (χ0v) is 14.4. The van der Waals surface area contributed by atoms with Gasteiger partial charge in [0.2, 0.25) is 0 Å². The summed E-state index contributed by atoms with van der Waals surface area (Å²) in [6.07, 6.45) is 6.25. The Morgan fingerprint density at radius 1 is 1.36 bits per heavy atom. The molecule has 0 aromatic rings. The first-order valence-corrected chi connectivity index (χ1v) is 8.91. The fraction of sp³-hybridized carbons (Fsp3) is 0.833. The first-order chi connectivity index (χ1) is 10.6. The fourth-order valence-corrected chi connectivity index (χ4v) is 3.64. The second kappa shape index (κ2) is 8.56. The van der Waals surface area contributed by atoms with Gasteiger partial charge in [-0.25, -0.2) is 4.99 Å². The summed E-state index contributed by atoms with van der Waals surface area (Å²) in [6.45, 7) is 9.06. The highest BCUT2D eigenvalue weighted by Gasteiger charge is 2.30. The van der Waals surface area contributed by atoms with Crippen molar-refractivity contribution >= 4 is 17.3 Å². The number of aliphatic imine (C=N–C) groups is 2. The van der Waals surface area contributed by atoms with Crippen molar-refractivity contribution in [2.75, 3.05) is 19.6 Å². The number of carbonyl (C=O) groups excluding carboxylic acids is 1. The van der Waals surface area contributed by atoms with Crippen molar-refractivity contribution in [1.29, 1.82) is 0 Å². The van der Waals surface area contributed by atoms with Crippen LogP contribution in [0.1, 0.15) is 59.3 Å². The number of hydrogen-bond donors (Lipinski definition) is 1. The van der Waals surface area contributed by atoms with Crippen molar-refractivity contribution < 1.29 is 4.79 Å². The van der Waals surface area contributed by atoms with Crippen LogP contribution < -0.4 is 5.32 Å². The standard InChI is InChI=1S/C18H31N3O/c1-4-17(22)16-6-5-13(2)15(11-16)8-9-19-12-18-20-10-7-14(3)21-18/h13,15-16,19H,4-12H2,1-3H3/t13?,15-,16?/m0/s1. The summed E-state index contributed by atoms with van der Waals surface area (Å²) in [6, 6.07) is 0. The monoisotopic (exact) mass is 305 g/mol. The molecule has 1 aliphatic carbocycles. The van der Waals surface area contributed by atoms with E-state index >= 15 is 0 Å². The van der Waals surface area contributed by atoms with Gasteiger partial charge in [0.25, 0.3) is 0 Å². The number of ketones is 1. The molecule has 0 amide bonds. The van der Waals surface area contributed by atoms with E-state index in [4.69, 9.17) is 0 Å². The lowest BCUT2D eigenvalue weighted by Gasteiger charge is -2.33. The second-order valence-corrected chi connectivity index (χ2v) is 6.93. The van der Waals surface area contributed by atoms with Crippen LogP contribution in [0.2, 0.25) is 0 Å². The van der Waals surface area contributed by atoms with Crippen molar-refractivity contribution in [2.24, 2.45) is 27.7 Å². The topological polar surface area (TPSA) is 53.8 Å². The molecule has 1 fully saturated rings. The largest absolute Gasteiger partial charge is 0.310 e. The molecule has 0 saturated heterocycles. The van der Waals surface area contributed by atoms with Crippen LogP contribution in [0.25, 0.3) is 0 Å². The number of nitrogens with one attached hydrogen (secondary N) is 1. The van der Waals surface area contributed by atoms with Gasteiger partial charge in [0.15, 0.2) is 0 Å². The van der Waals surface area contributed by atoms with Gasteiger partial charge in [-0.05, 0) is 51.0 Å². The Hall–Kier alpha value is -1.03. The molecule has 0 spiro atoms. The maximum absolute atomic E-state index is 11.9. The van der Waals surface area contributed by atoms with Gasteiger partial charge in [-0.15, -0.1) is 0 Å². The lowest BCUT2D eigenvalue weighted by molar-refractivity contribution is -0.124. The third-order valence-electron chi connectivity index (χ3n) is 5.23. The number of carbonyl (C=O) groups is 1. The molecule has 1 heterocycles. The molecule has 0 radical (unpaired) electrons. The minimum absolute atomic E-state index is 0.321. The lowest BCUT2D eigenvalue weighted by atomic mass is 9.72. The molecule has 2 rings (SSSR count). The Balaban J connectivity index is 1.71. The number of hydrogen-bond acceptors (Lipinski definition) is 4. The van der Waals surface area contributed by atoms with Gasteiger partial charge in [0.05, 0.1) is 6.54 Å². The van der Waals surface area contributed by atoms with Crippen molar-refractivity contribution in [3.05, 3.63) is 0 Å². The van der Waals surface area contributed by atoms with Gasteiger partial charge in [-0.2, -0.15) is 0 Å². The van der Waals surface area contributed by atoms with E-state index in [1.165, 1.54) is 12.1 Å². The molecule has 22 heavy (non-hydrogen) atoms. The van der Waals surface area contributed by atoms with Gasteiger partial charge >= 0.3 is 0 Å². The highest BCUT2D eigenvalue weighted by molar-refractivity contribution is 5.99. The summed E-state index contributed by atoms with van der Waals surface area (Å²) in [5.41, 5.74) is 1.19. The van der Waals surface area contributed by atoms with Crippen LogP contribution >= 0.6 is 0 Å². The zero-order valence-electron chi connectivity index (χ0n) is 14.4. The first kappa shape index (κ1) is 17.3. The fourth-order valence-electron chi connectivity index (χ4n) is 3.64. The van der Waals surface area contributed by atoms with Crippen LogP contribution in [0.3, 0.4) is 0 Å². The number of amidine groups is 1. The normalized spacial score (nSPS) is 29.0. The average molecular weight is 305 g/mol. The molecule has 4 heteroatoms. The summed E-state index contributed by atoms with van der Waals surface area (Å²) in [5, 5.41) is 3.48. The average Bonchev–Trinajstić information content (AvgIpc) is 2.52. The molecule has 2 aliphatic rings. The van der Waals surface area contributed by atoms with Gasteiger partial charge < -0.3 is 5.32 Å². The van der Waals surface area contributed by atoms with E-state index in [0.717, 1.165) is 57.1 Å². The van der Waals surface area contributed by atoms with E-state index in [0.29, 0.717) is 24.0 Å². The lowest BCUT2D eigenvalue weighted by Crippen LogP contribution is -2.31. The molecule has 2 unspecified atom stereocenters. The van der Waals surface area contributed by atoms with E-state index < -0.39 is 0 Å². The van der Waals surface area contributed by atoms with Gasteiger partial charge in [-0.3, -0.25) is 9.79 Å². The molecule has 1 saturated carbocycles. The third kappa shape index (κ3) is 5.01. The molecular formula is C18H31N3O. The van der Waals surface area contributed by atoms with E-state index in [9.17, 15) is 4.79 Å². The summed E-state index contributed by atoms with van der Waals surface area (Å²) in [5.74, 6) is 3.15. The van der Waals surface area contributed by atoms with Crippen molar-refractivity contribution in [1.82, 2.24) is 5.32 Å². The second-order valence-electron chi connectivity index (χ2n) is 6.93. The number of nitrogens with zero attached hydrogens (tertiary/aromatic N) is 2. The predicted octanol–water partition coefficient (Wildman–Crippen LogP) is 3.26. The molecule has 3 atom stereocenters. The molecule has 1 aliphatic heterocycles. The predicted molar refractivity (Wildman–Crippen MR) is 92.8 cm³/mol. The third-order valence-corrected chi connectivity index (χ3v) is 5.23.